The van der Waals surface area contributed by atoms with Crippen LogP contribution < -0.4 is 15.4 Å². The zero-order valence-electron chi connectivity index (χ0n) is 14.9. The van der Waals surface area contributed by atoms with Crippen LogP contribution >= 0.6 is 15.9 Å². The van der Waals surface area contributed by atoms with E-state index >= 15 is 0 Å². The summed E-state index contributed by atoms with van der Waals surface area (Å²) in [5.41, 5.74) is 4.10. The molecule has 0 aliphatic carbocycles. The maximum absolute atomic E-state index is 12.6. The average molecular weight is 428 g/mol. The number of H-pyrrole nitrogens is 1. The molecule has 0 saturated heterocycles. The van der Waals surface area contributed by atoms with Crippen LogP contribution in [0.5, 0.6) is 5.75 Å². The van der Waals surface area contributed by atoms with Crippen molar-refractivity contribution in [1.29, 1.82) is 0 Å². The van der Waals surface area contributed by atoms with E-state index in [9.17, 15) is 9.59 Å². The second-order valence-electron chi connectivity index (χ2n) is 6.60. The number of fused-ring (bicyclic) bond motifs is 2. The van der Waals surface area contributed by atoms with E-state index < -0.39 is 6.10 Å². The molecule has 2 amide bonds. The van der Waals surface area contributed by atoms with Crippen molar-refractivity contribution in [3.8, 4) is 5.75 Å². The van der Waals surface area contributed by atoms with Crippen molar-refractivity contribution in [3.63, 3.8) is 0 Å². The second-order valence-corrected chi connectivity index (χ2v) is 7.52. The molecular weight excluding hydrogens is 410 g/mol. The van der Waals surface area contributed by atoms with Gasteiger partial charge in [-0.25, -0.2) is 0 Å². The van der Waals surface area contributed by atoms with Crippen molar-refractivity contribution < 1.29 is 14.3 Å². The van der Waals surface area contributed by atoms with Crippen LogP contribution in [0.15, 0.2) is 40.9 Å². The number of hydrogen-bond acceptors (Lipinski definition) is 3. The monoisotopic (exact) mass is 427 g/mol. The van der Waals surface area contributed by atoms with Gasteiger partial charge in [-0.15, -0.1) is 0 Å². The number of carbonyl (C=O) groups excluding carboxylic acids is 2. The van der Waals surface area contributed by atoms with E-state index in [0.717, 1.165) is 26.6 Å². The second kappa shape index (κ2) is 6.74. The minimum Gasteiger partial charge on any atom is -0.479 e. The molecule has 0 spiro atoms. The number of aromatic nitrogens is 1. The van der Waals surface area contributed by atoms with Crippen molar-refractivity contribution in [1.82, 2.24) is 4.98 Å². The number of amides is 2. The summed E-state index contributed by atoms with van der Waals surface area (Å²) in [5.74, 6) is 0.263. The predicted octanol–water partition coefficient (Wildman–Crippen LogP) is 4.14. The summed E-state index contributed by atoms with van der Waals surface area (Å²) in [6.45, 7) is 3.65. The van der Waals surface area contributed by atoms with Crippen LogP contribution in [0.2, 0.25) is 0 Å². The van der Waals surface area contributed by atoms with E-state index in [2.05, 4.69) is 31.5 Å². The highest BCUT2D eigenvalue weighted by Crippen LogP contribution is 2.32. The molecule has 1 aliphatic heterocycles. The summed E-state index contributed by atoms with van der Waals surface area (Å²) in [7, 11) is 0. The number of hydrogen-bond donors (Lipinski definition) is 3. The first-order valence-corrected chi connectivity index (χ1v) is 9.38. The van der Waals surface area contributed by atoms with Gasteiger partial charge >= 0.3 is 0 Å². The van der Waals surface area contributed by atoms with Gasteiger partial charge in [0.2, 0.25) is 5.91 Å². The van der Waals surface area contributed by atoms with E-state index in [1.165, 1.54) is 0 Å². The largest absolute Gasteiger partial charge is 0.479 e. The first kappa shape index (κ1) is 17.6. The third kappa shape index (κ3) is 3.42. The van der Waals surface area contributed by atoms with Crippen LogP contribution in [0, 0.1) is 6.92 Å². The lowest BCUT2D eigenvalue weighted by molar-refractivity contribution is -0.122. The number of aryl methyl sites for hydroxylation is 1. The van der Waals surface area contributed by atoms with E-state index in [0.29, 0.717) is 17.1 Å². The number of halogens is 1. The van der Waals surface area contributed by atoms with Gasteiger partial charge in [0.25, 0.3) is 5.91 Å². The zero-order valence-corrected chi connectivity index (χ0v) is 16.4. The summed E-state index contributed by atoms with van der Waals surface area (Å²) in [4.78, 5) is 27.7. The third-order valence-corrected chi connectivity index (χ3v) is 5.11. The number of benzene rings is 2. The Balaban J connectivity index is 1.54. The van der Waals surface area contributed by atoms with E-state index in [-0.39, 0.29) is 18.2 Å². The van der Waals surface area contributed by atoms with Crippen LogP contribution in [-0.4, -0.2) is 22.9 Å². The van der Waals surface area contributed by atoms with Crippen molar-refractivity contribution >= 4 is 50.0 Å². The van der Waals surface area contributed by atoms with Crippen LogP contribution in [-0.2, 0) is 16.0 Å². The molecule has 1 atom stereocenters. The maximum atomic E-state index is 12.6. The molecule has 0 saturated carbocycles. The van der Waals surface area contributed by atoms with Gasteiger partial charge in [0, 0.05) is 26.8 Å². The Bertz CT molecular complexity index is 1070. The summed E-state index contributed by atoms with van der Waals surface area (Å²) in [6.07, 6.45) is -0.277. The summed E-state index contributed by atoms with van der Waals surface area (Å²) in [5, 5.41) is 6.70. The first-order chi connectivity index (χ1) is 12.9. The smallest absolute Gasteiger partial charge is 0.265 e. The fourth-order valence-corrected chi connectivity index (χ4v) is 3.60. The molecule has 3 N–H and O–H groups in total. The van der Waals surface area contributed by atoms with Gasteiger partial charge in [0.1, 0.15) is 5.75 Å². The predicted molar refractivity (Wildman–Crippen MR) is 108 cm³/mol. The summed E-state index contributed by atoms with van der Waals surface area (Å²) < 4.78 is 6.50. The van der Waals surface area contributed by atoms with Crippen LogP contribution in [0.3, 0.4) is 0 Å². The number of aromatic amines is 1. The number of carbonyl (C=O) groups is 2. The van der Waals surface area contributed by atoms with E-state index in [1.54, 1.807) is 25.1 Å². The number of ether oxygens (including phenoxy) is 1. The average Bonchev–Trinajstić information content (AvgIpc) is 2.91. The van der Waals surface area contributed by atoms with Crippen LogP contribution in [0.1, 0.15) is 18.2 Å². The molecule has 2 aromatic carbocycles. The standard InChI is InChI=1S/C20H18BrN3O3/c1-10-14(15-7-12(21)3-5-16(15)22-10)9-19(25)23-13-4-6-18-17(8-13)24-20(26)11(2)27-18/h3-8,11,22H,9H2,1-2H3,(H,23,25)(H,24,26). The Morgan fingerprint density at radius 1 is 1.26 bits per heavy atom. The Hall–Kier alpha value is -2.80. The molecule has 7 heteroatoms. The Morgan fingerprint density at radius 2 is 2.07 bits per heavy atom. The van der Waals surface area contributed by atoms with Crippen molar-refractivity contribution in [2.75, 3.05) is 10.6 Å². The summed E-state index contributed by atoms with van der Waals surface area (Å²) in [6, 6.07) is 11.2. The van der Waals surface area contributed by atoms with Gasteiger partial charge in [-0.2, -0.15) is 0 Å². The molecule has 3 aromatic rings. The molecule has 1 unspecified atom stereocenters. The molecule has 1 aromatic heterocycles. The minimum absolute atomic E-state index is 0.129. The van der Waals surface area contributed by atoms with Gasteiger partial charge in [-0.05, 0) is 55.8 Å². The Morgan fingerprint density at radius 3 is 2.89 bits per heavy atom. The van der Waals surface area contributed by atoms with Crippen molar-refractivity contribution in [2.45, 2.75) is 26.4 Å². The molecule has 0 bridgehead atoms. The normalized spacial score (nSPS) is 15.8. The molecule has 0 fully saturated rings. The fraction of sp³-hybridized carbons (Fsp3) is 0.200. The molecule has 0 radical (unpaired) electrons. The first-order valence-electron chi connectivity index (χ1n) is 8.59. The molecule has 27 heavy (non-hydrogen) atoms. The van der Waals surface area contributed by atoms with Gasteiger partial charge in [-0.3, -0.25) is 9.59 Å². The van der Waals surface area contributed by atoms with Gasteiger partial charge in [0.15, 0.2) is 6.10 Å². The van der Waals surface area contributed by atoms with Crippen molar-refractivity contribution in [3.05, 3.63) is 52.1 Å². The highest BCUT2D eigenvalue weighted by atomic mass is 79.9. The number of anilines is 2. The molecule has 138 valence electrons. The summed E-state index contributed by atoms with van der Waals surface area (Å²) >= 11 is 3.48. The highest BCUT2D eigenvalue weighted by Gasteiger charge is 2.23. The Labute approximate surface area is 164 Å². The molecular formula is C20H18BrN3O3. The number of rotatable bonds is 3. The lowest BCUT2D eigenvalue weighted by Crippen LogP contribution is -2.34. The van der Waals surface area contributed by atoms with Crippen molar-refractivity contribution in [2.24, 2.45) is 0 Å². The third-order valence-electron chi connectivity index (χ3n) is 4.61. The molecule has 6 nitrogen and oxygen atoms in total. The topological polar surface area (TPSA) is 83.2 Å². The quantitative estimate of drug-likeness (QED) is 0.587. The van der Waals surface area contributed by atoms with Crippen LogP contribution in [0.25, 0.3) is 10.9 Å². The van der Waals surface area contributed by atoms with E-state index in [4.69, 9.17) is 4.74 Å². The van der Waals surface area contributed by atoms with Gasteiger partial charge in [0.05, 0.1) is 12.1 Å². The van der Waals surface area contributed by atoms with Crippen LogP contribution in [0.4, 0.5) is 11.4 Å². The Kier molecular flexibility index (Phi) is 4.39. The molecule has 1 aliphatic rings. The van der Waals surface area contributed by atoms with E-state index in [1.807, 2.05) is 25.1 Å². The van der Waals surface area contributed by atoms with Gasteiger partial charge < -0.3 is 20.4 Å². The molecule has 2 heterocycles. The zero-order chi connectivity index (χ0) is 19.1. The lowest BCUT2D eigenvalue weighted by atomic mass is 10.1. The lowest BCUT2D eigenvalue weighted by Gasteiger charge is -2.23. The SMILES string of the molecule is Cc1[nH]c2ccc(Br)cc2c1CC(=O)Nc1ccc2c(c1)NC(=O)C(C)O2. The van der Waals surface area contributed by atoms with Gasteiger partial charge in [-0.1, -0.05) is 15.9 Å². The highest BCUT2D eigenvalue weighted by molar-refractivity contribution is 9.10. The number of nitrogens with one attached hydrogen (secondary N) is 3. The molecule has 4 rings (SSSR count). The fourth-order valence-electron chi connectivity index (χ4n) is 3.23. The maximum Gasteiger partial charge on any atom is 0.265 e. The minimum atomic E-state index is -0.526.